The molecule has 0 spiro atoms. The van der Waals surface area contributed by atoms with E-state index in [2.05, 4.69) is 4.99 Å². The van der Waals surface area contributed by atoms with Crippen molar-refractivity contribution in [2.75, 3.05) is 6.61 Å². The Kier molecular flexibility index (Phi) is 9.11. The maximum atomic E-state index is 14.5. The van der Waals surface area contributed by atoms with Gasteiger partial charge in [0.25, 0.3) is 5.92 Å². The Morgan fingerprint density at radius 3 is 2.35 bits per heavy atom. The van der Waals surface area contributed by atoms with Crippen molar-refractivity contribution in [1.29, 1.82) is 0 Å². The largest absolute Gasteiger partial charge is 0.505 e. The lowest BCUT2D eigenvalue weighted by atomic mass is 9.84. The van der Waals surface area contributed by atoms with Crippen LogP contribution in [0.5, 0.6) is 5.75 Å². The number of phenols is 1. The molecule has 0 amide bonds. The number of carbonyl (C=O) groups is 1. The van der Waals surface area contributed by atoms with E-state index in [4.69, 9.17) is 0 Å². The zero-order valence-corrected chi connectivity index (χ0v) is 24.5. The first-order valence-corrected chi connectivity index (χ1v) is 14.1. The van der Waals surface area contributed by atoms with Gasteiger partial charge in [-0.2, -0.15) is 0 Å². The number of hydrogen-bond donors (Lipinski definition) is 2. The summed E-state index contributed by atoms with van der Waals surface area (Å²) in [6.45, 7) is 7.18. The number of hydrogen-bond acceptors (Lipinski definition) is 4. The number of aromatic hydroxyl groups is 1. The SMILES string of the molecule is CC.CC[C@H]1CC(C)=Nc2c1cc(C)c(-c1cccc3c(C(=O)c4cc(F)c(F)c(F)c4)cn(CC(F)(F)CO)c13)c2O. The van der Waals surface area contributed by atoms with Crippen molar-refractivity contribution in [3.8, 4) is 16.9 Å². The minimum Gasteiger partial charge on any atom is -0.505 e. The number of aromatic nitrogens is 1. The number of aryl methyl sites for hydroxylation is 1. The van der Waals surface area contributed by atoms with E-state index in [-0.39, 0.29) is 28.1 Å². The van der Waals surface area contributed by atoms with Crippen molar-refractivity contribution in [2.24, 2.45) is 4.99 Å². The van der Waals surface area contributed by atoms with Crippen molar-refractivity contribution in [2.45, 2.75) is 65.8 Å². The molecule has 1 aromatic heterocycles. The summed E-state index contributed by atoms with van der Waals surface area (Å²) >= 11 is 0. The number of aliphatic hydroxyl groups is 1. The van der Waals surface area contributed by atoms with Crippen molar-refractivity contribution in [1.82, 2.24) is 4.57 Å². The third kappa shape index (κ3) is 5.80. The Balaban J connectivity index is 0.00000207. The number of rotatable bonds is 7. The number of aliphatic imine (C=N–C) groups is 1. The molecule has 0 saturated carbocycles. The Morgan fingerprint density at radius 1 is 1.09 bits per heavy atom. The summed E-state index contributed by atoms with van der Waals surface area (Å²) in [6.07, 6.45) is 2.68. The van der Waals surface area contributed by atoms with Gasteiger partial charge in [-0.05, 0) is 55.9 Å². The van der Waals surface area contributed by atoms with Crippen LogP contribution in [0.2, 0.25) is 0 Å². The van der Waals surface area contributed by atoms with Crippen LogP contribution < -0.4 is 0 Å². The number of para-hydroxylation sites is 1. The Labute approximate surface area is 246 Å². The van der Waals surface area contributed by atoms with Crippen LogP contribution in [0.4, 0.5) is 27.6 Å². The standard InChI is InChI=1S/C31H27F5N2O3.C2H6/c1-4-17-9-16(3)37-27-21(17)8-15(2)25(30(27)41)20-7-5-6-19-22(12-38(28(19)20)13-31(35,36)14-39)29(40)18-10-23(32)26(34)24(33)11-18;1-2/h5-8,10-12,17,39,41H,4,9,13-14H2,1-3H3;1-2H3/t17-;/m0./s1. The predicted molar refractivity (Wildman–Crippen MR) is 157 cm³/mol. The van der Waals surface area contributed by atoms with Gasteiger partial charge in [0.1, 0.15) is 18.0 Å². The van der Waals surface area contributed by atoms with Crippen molar-refractivity contribution < 1.29 is 37.0 Å². The summed E-state index contributed by atoms with van der Waals surface area (Å²) in [5, 5.41) is 21.0. The molecular formula is C33H33F5N2O3. The second-order valence-electron chi connectivity index (χ2n) is 10.5. The maximum Gasteiger partial charge on any atom is 0.288 e. The highest BCUT2D eigenvalue weighted by molar-refractivity contribution is 6.18. The van der Waals surface area contributed by atoms with Crippen LogP contribution in [0.25, 0.3) is 22.0 Å². The monoisotopic (exact) mass is 600 g/mol. The normalized spacial score (nSPS) is 14.7. The number of halogens is 5. The molecular weight excluding hydrogens is 567 g/mol. The van der Waals surface area contributed by atoms with Crippen LogP contribution in [0, 0.1) is 24.4 Å². The highest BCUT2D eigenvalue weighted by Gasteiger charge is 2.32. The van der Waals surface area contributed by atoms with Crippen LogP contribution in [-0.2, 0) is 6.54 Å². The van der Waals surface area contributed by atoms with E-state index < -0.39 is 47.9 Å². The number of carbonyl (C=O) groups excluding carboxylic acids is 1. The number of phenolic OH excluding ortho intramolecular Hbond substituents is 1. The van der Waals surface area contributed by atoms with Gasteiger partial charge < -0.3 is 14.8 Å². The van der Waals surface area contributed by atoms with Gasteiger partial charge in [-0.1, -0.05) is 45.0 Å². The number of benzene rings is 3. The summed E-state index contributed by atoms with van der Waals surface area (Å²) in [7, 11) is 0. The predicted octanol–water partition coefficient (Wildman–Crippen LogP) is 8.61. The van der Waals surface area contributed by atoms with E-state index >= 15 is 0 Å². The van der Waals surface area contributed by atoms with Gasteiger partial charge in [-0.15, -0.1) is 0 Å². The van der Waals surface area contributed by atoms with Crippen LogP contribution in [0.1, 0.15) is 73.5 Å². The third-order valence-corrected chi connectivity index (χ3v) is 7.57. The first-order chi connectivity index (χ1) is 20.4. The lowest BCUT2D eigenvalue weighted by Crippen LogP contribution is -2.27. The summed E-state index contributed by atoms with van der Waals surface area (Å²) in [5.74, 6) is -9.38. The quantitative estimate of drug-likeness (QED) is 0.127. The summed E-state index contributed by atoms with van der Waals surface area (Å²) in [4.78, 5) is 18.0. The highest BCUT2D eigenvalue weighted by Crippen LogP contribution is 2.49. The van der Waals surface area contributed by atoms with E-state index in [0.29, 0.717) is 34.5 Å². The molecule has 5 nitrogen and oxygen atoms in total. The zero-order chi connectivity index (χ0) is 31.8. The molecule has 2 heterocycles. The average Bonchev–Trinajstić information content (AvgIpc) is 3.34. The molecule has 0 radical (unpaired) electrons. The first kappa shape index (κ1) is 31.9. The van der Waals surface area contributed by atoms with E-state index in [1.807, 2.05) is 33.8 Å². The fourth-order valence-electron chi connectivity index (χ4n) is 5.66. The molecule has 1 aliphatic heterocycles. The molecule has 10 heteroatoms. The number of ketones is 1. The molecule has 0 aliphatic carbocycles. The van der Waals surface area contributed by atoms with Crippen molar-refractivity contribution >= 4 is 28.1 Å². The molecule has 3 aromatic carbocycles. The van der Waals surface area contributed by atoms with Gasteiger partial charge in [0.15, 0.2) is 23.2 Å². The zero-order valence-electron chi connectivity index (χ0n) is 24.5. The fourth-order valence-corrected chi connectivity index (χ4v) is 5.66. The highest BCUT2D eigenvalue weighted by atomic mass is 19.3. The van der Waals surface area contributed by atoms with E-state index in [1.165, 1.54) is 6.07 Å². The molecule has 43 heavy (non-hydrogen) atoms. The molecule has 2 N–H and O–H groups in total. The lowest BCUT2D eigenvalue weighted by Gasteiger charge is -2.26. The third-order valence-electron chi connectivity index (χ3n) is 7.57. The first-order valence-electron chi connectivity index (χ1n) is 14.1. The van der Waals surface area contributed by atoms with Gasteiger partial charge in [0, 0.05) is 39.5 Å². The minimum atomic E-state index is -3.59. The lowest BCUT2D eigenvalue weighted by molar-refractivity contribution is -0.0620. The second-order valence-corrected chi connectivity index (χ2v) is 10.5. The van der Waals surface area contributed by atoms with E-state index in [1.54, 1.807) is 19.1 Å². The van der Waals surface area contributed by atoms with Crippen molar-refractivity contribution in [3.05, 3.63) is 82.3 Å². The van der Waals surface area contributed by atoms with Gasteiger partial charge in [0.05, 0.1) is 12.1 Å². The van der Waals surface area contributed by atoms with Crippen LogP contribution >= 0.6 is 0 Å². The molecule has 1 aliphatic rings. The molecule has 0 bridgehead atoms. The summed E-state index contributed by atoms with van der Waals surface area (Å²) in [6, 6.07) is 7.65. The summed E-state index contributed by atoms with van der Waals surface area (Å²) in [5.41, 5.74) is 2.86. The fraction of sp³-hybridized carbons (Fsp3) is 0.333. The Hall–Kier alpha value is -4.05. The number of nitrogens with zero attached hydrogens (tertiary/aromatic N) is 2. The average molecular weight is 601 g/mol. The minimum absolute atomic E-state index is 0.133. The Morgan fingerprint density at radius 2 is 1.74 bits per heavy atom. The van der Waals surface area contributed by atoms with Gasteiger partial charge in [0.2, 0.25) is 0 Å². The number of fused-ring (bicyclic) bond motifs is 2. The summed E-state index contributed by atoms with van der Waals surface area (Å²) < 4.78 is 71.6. The number of alkyl halides is 2. The van der Waals surface area contributed by atoms with Crippen LogP contribution in [0.3, 0.4) is 0 Å². The van der Waals surface area contributed by atoms with E-state index in [9.17, 15) is 37.0 Å². The molecule has 4 aromatic rings. The van der Waals surface area contributed by atoms with Gasteiger partial charge in [-0.25, -0.2) is 22.0 Å². The molecule has 0 saturated heterocycles. The maximum absolute atomic E-state index is 14.5. The van der Waals surface area contributed by atoms with Crippen LogP contribution in [0.15, 0.2) is 47.6 Å². The number of aliphatic hydroxyl groups excluding tert-OH is 1. The van der Waals surface area contributed by atoms with Gasteiger partial charge >= 0.3 is 0 Å². The molecule has 5 rings (SSSR count). The smallest absolute Gasteiger partial charge is 0.288 e. The molecule has 0 unspecified atom stereocenters. The van der Waals surface area contributed by atoms with Crippen molar-refractivity contribution in [3.63, 3.8) is 0 Å². The molecule has 0 fully saturated rings. The second kappa shape index (κ2) is 12.3. The van der Waals surface area contributed by atoms with Crippen LogP contribution in [-0.4, -0.2) is 38.8 Å². The molecule has 228 valence electrons. The molecule has 1 atom stereocenters. The topological polar surface area (TPSA) is 74.8 Å². The van der Waals surface area contributed by atoms with Gasteiger partial charge in [-0.3, -0.25) is 9.79 Å². The Bertz CT molecular complexity index is 1720. The van der Waals surface area contributed by atoms with E-state index in [0.717, 1.165) is 34.9 Å².